The van der Waals surface area contributed by atoms with E-state index in [2.05, 4.69) is 22.9 Å². The lowest BCUT2D eigenvalue weighted by molar-refractivity contribution is 0.475. The first-order valence-corrected chi connectivity index (χ1v) is 7.76. The highest BCUT2D eigenvalue weighted by atomic mass is 79.9. The van der Waals surface area contributed by atoms with Crippen molar-refractivity contribution < 1.29 is 4.74 Å². The Morgan fingerprint density at radius 1 is 1.15 bits per heavy atom. The van der Waals surface area contributed by atoms with Crippen LogP contribution in [0.3, 0.4) is 0 Å². The molecule has 2 N–H and O–H groups in total. The third kappa shape index (κ3) is 3.75. The maximum absolute atomic E-state index is 6.13. The summed E-state index contributed by atoms with van der Waals surface area (Å²) in [5.74, 6) is 1.62. The molecule has 2 aromatic carbocycles. The molecule has 0 saturated heterocycles. The fraction of sp³-hybridized carbons (Fsp3) is 0.250. The smallest absolute Gasteiger partial charge is 0.131 e. The molecule has 0 saturated carbocycles. The van der Waals surface area contributed by atoms with Gasteiger partial charge in [-0.3, -0.25) is 0 Å². The highest BCUT2D eigenvalue weighted by Gasteiger charge is 2.07. The molecule has 106 valence electrons. The van der Waals surface area contributed by atoms with Gasteiger partial charge in [-0.05, 0) is 60.8 Å². The summed E-state index contributed by atoms with van der Waals surface area (Å²) in [7, 11) is 0. The molecule has 0 aliphatic carbocycles. The normalized spacial score (nSPS) is 10.6. The molecule has 0 atom stereocenters. The van der Waals surface area contributed by atoms with Crippen molar-refractivity contribution in [2.24, 2.45) is 5.73 Å². The summed E-state index contributed by atoms with van der Waals surface area (Å²) in [5, 5.41) is 0.774. The lowest BCUT2D eigenvalue weighted by atomic mass is 10.1. The van der Waals surface area contributed by atoms with E-state index in [1.54, 1.807) is 0 Å². The van der Waals surface area contributed by atoms with Gasteiger partial charge in [0.25, 0.3) is 0 Å². The van der Waals surface area contributed by atoms with Crippen molar-refractivity contribution in [3.05, 3.63) is 57.0 Å². The van der Waals surface area contributed by atoms with Gasteiger partial charge in [-0.2, -0.15) is 0 Å². The van der Waals surface area contributed by atoms with Crippen LogP contribution in [0.2, 0.25) is 5.02 Å². The van der Waals surface area contributed by atoms with Crippen molar-refractivity contribution in [3.63, 3.8) is 0 Å². The molecule has 20 heavy (non-hydrogen) atoms. The molecule has 0 aliphatic rings. The average Bonchev–Trinajstić information content (AvgIpc) is 2.44. The van der Waals surface area contributed by atoms with Crippen LogP contribution in [0.4, 0.5) is 0 Å². The third-order valence-corrected chi connectivity index (χ3v) is 3.93. The molecule has 0 amide bonds. The van der Waals surface area contributed by atoms with Crippen molar-refractivity contribution >= 4 is 27.5 Å². The summed E-state index contributed by atoms with van der Waals surface area (Å²) in [6.07, 6.45) is 1.67. The Morgan fingerprint density at radius 2 is 1.95 bits per heavy atom. The summed E-state index contributed by atoms with van der Waals surface area (Å²) in [6, 6.07) is 11.7. The van der Waals surface area contributed by atoms with Crippen molar-refractivity contribution in [2.75, 3.05) is 6.54 Å². The van der Waals surface area contributed by atoms with Crippen molar-refractivity contribution in [1.29, 1.82) is 0 Å². The Bertz CT molecular complexity index is 601. The number of rotatable bonds is 5. The molecular weight excluding hydrogens is 338 g/mol. The maximum atomic E-state index is 6.13. The van der Waals surface area contributed by atoms with E-state index in [9.17, 15) is 0 Å². The van der Waals surface area contributed by atoms with Crippen LogP contribution in [-0.4, -0.2) is 6.54 Å². The van der Waals surface area contributed by atoms with Gasteiger partial charge in [0.15, 0.2) is 0 Å². The van der Waals surface area contributed by atoms with Gasteiger partial charge in [0, 0.05) is 9.50 Å². The first kappa shape index (κ1) is 15.4. The first-order chi connectivity index (χ1) is 9.63. The third-order valence-electron chi connectivity index (χ3n) is 3.07. The van der Waals surface area contributed by atoms with Crippen LogP contribution in [0.5, 0.6) is 11.5 Å². The number of ether oxygens (including phenoxy) is 1. The Hall–Kier alpha value is -1.03. The number of aryl methyl sites for hydroxylation is 1. The minimum Gasteiger partial charge on any atom is -0.457 e. The molecular formula is C16H17BrClNO. The molecule has 0 aromatic heterocycles. The number of nitrogens with two attached hydrogens (primary N) is 1. The van der Waals surface area contributed by atoms with E-state index in [1.165, 1.54) is 0 Å². The molecule has 2 rings (SSSR count). The van der Waals surface area contributed by atoms with E-state index in [4.69, 9.17) is 22.1 Å². The van der Waals surface area contributed by atoms with Gasteiger partial charge in [-0.15, -0.1) is 0 Å². The van der Waals surface area contributed by atoms with E-state index >= 15 is 0 Å². The summed E-state index contributed by atoms with van der Waals surface area (Å²) >= 11 is 9.59. The minimum absolute atomic E-state index is 0.596. The van der Waals surface area contributed by atoms with Gasteiger partial charge in [0.05, 0.1) is 0 Å². The van der Waals surface area contributed by atoms with Crippen LogP contribution in [0, 0.1) is 0 Å². The van der Waals surface area contributed by atoms with Crippen molar-refractivity contribution in [1.82, 2.24) is 0 Å². The number of halogens is 2. The minimum atomic E-state index is 0.596. The van der Waals surface area contributed by atoms with Crippen LogP contribution in [0.25, 0.3) is 0 Å². The van der Waals surface area contributed by atoms with E-state index in [0.29, 0.717) is 6.54 Å². The molecule has 4 heteroatoms. The van der Waals surface area contributed by atoms with E-state index in [1.807, 2.05) is 36.4 Å². The predicted octanol–water partition coefficient (Wildman–Crippen LogP) is 4.96. The lowest BCUT2D eigenvalue weighted by Crippen LogP contribution is -2.04. The molecule has 0 aliphatic heterocycles. The van der Waals surface area contributed by atoms with Crippen molar-refractivity contribution in [2.45, 2.75) is 19.8 Å². The Kier molecular flexibility index (Phi) is 5.46. The Morgan fingerprint density at radius 3 is 2.65 bits per heavy atom. The largest absolute Gasteiger partial charge is 0.457 e. The van der Waals surface area contributed by atoms with Crippen LogP contribution in [0.15, 0.2) is 40.9 Å². The molecule has 0 fully saturated rings. The monoisotopic (exact) mass is 353 g/mol. The second-order valence-corrected chi connectivity index (χ2v) is 5.82. The SMILES string of the molecule is CCc1cc(Oc2cc(Br)ccc2CCN)ccc1Cl. The highest BCUT2D eigenvalue weighted by Crippen LogP contribution is 2.31. The van der Waals surface area contributed by atoms with Gasteiger partial charge in [-0.1, -0.05) is 40.5 Å². The van der Waals surface area contributed by atoms with Gasteiger partial charge in [-0.25, -0.2) is 0 Å². The van der Waals surface area contributed by atoms with Crippen LogP contribution in [-0.2, 0) is 12.8 Å². The maximum Gasteiger partial charge on any atom is 0.131 e. The predicted molar refractivity (Wildman–Crippen MR) is 87.8 cm³/mol. The summed E-state index contributed by atoms with van der Waals surface area (Å²) in [5.41, 5.74) is 7.83. The zero-order valence-corrected chi connectivity index (χ0v) is 13.7. The van der Waals surface area contributed by atoms with Crippen LogP contribution < -0.4 is 10.5 Å². The molecule has 0 heterocycles. The fourth-order valence-corrected chi connectivity index (χ4v) is 2.59. The van der Waals surface area contributed by atoms with Crippen LogP contribution in [0.1, 0.15) is 18.1 Å². The van der Waals surface area contributed by atoms with Gasteiger partial charge in [0.2, 0.25) is 0 Å². The summed E-state index contributed by atoms with van der Waals surface area (Å²) < 4.78 is 6.98. The van der Waals surface area contributed by atoms with E-state index < -0.39 is 0 Å². The van der Waals surface area contributed by atoms with E-state index in [-0.39, 0.29) is 0 Å². The molecule has 0 unspecified atom stereocenters. The Balaban J connectivity index is 2.31. The van der Waals surface area contributed by atoms with Gasteiger partial charge >= 0.3 is 0 Å². The summed E-state index contributed by atoms with van der Waals surface area (Å²) in [4.78, 5) is 0. The molecule has 2 nitrogen and oxygen atoms in total. The second kappa shape index (κ2) is 7.11. The van der Waals surface area contributed by atoms with Gasteiger partial charge in [0.1, 0.15) is 11.5 Å². The fourth-order valence-electron chi connectivity index (χ4n) is 2.00. The lowest BCUT2D eigenvalue weighted by Gasteiger charge is -2.12. The van der Waals surface area contributed by atoms with Crippen molar-refractivity contribution in [3.8, 4) is 11.5 Å². The highest BCUT2D eigenvalue weighted by molar-refractivity contribution is 9.10. The standard InChI is InChI=1S/C16H17BrClNO/c1-2-11-9-14(5-6-15(11)18)20-16-10-13(17)4-3-12(16)7-8-19/h3-6,9-10H,2,7-8,19H2,1H3. The molecule has 0 radical (unpaired) electrons. The number of benzene rings is 2. The number of hydrogen-bond acceptors (Lipinski definition) is 2. The Labute approximate surface area is 133 Å². The molecule has 0 spiro atoms. The van der Waals surface area contributed by atoms with Gasteiger partial charge < -0.3 is 10.5 Å². The second-order valence-electron chi connectivity index (χ2n) is 4.50. The zero-order valence-electron chi connectivity index (χ0n) is 11.3. The van der Waals surface area contributed by atoms with E-state index in [0.717, 1.165) is 45.0 Å². The number of hydrogen-bond donors (Lipinski definition) is 1. The topological polar surface area (TPSA) is 35.2 Å². The van der Waals surface area contributed by atoms with Crippen LogP contribution >= 0.6 is 27.5 Å². The summed E-state index contributed by atoms with van der Waals surface area (Å²) in [6.45, 7) is 2.67. The quantitative estimate of drug-likeness (QED) is 0.823. The molecule has 2 aromatic rings. The zero-order chi connectivity index (χ0) is 14.5. The average molecular weight is 355 g/mol. The molecule has 0 bridgehead atoms. The first-order valence-electron chi connectivity index (χ1n) is 6.58.